The number of hydrogen-bond acceptors (Lipinski definition) is 5. The molecule has 0 spiro atoms. The Morgan fingerprint density at radius 1 is 1.47 bits per heavy atom. The van der Waals surface area contributed by atoms with Crippen molar-refractivity contribution in [1.82, 2.24) is 10.1 Å². The average molecular weight is 238 g/mol. The van der Waals surface area contributed by atoms with E-state index in [9.17, 15) is 4.79 Å². The minimum absolute atomic E-state index is 0.135. The molecule has 94 valence electrons. The zero-order valence-corrected chi connectivity index (χ0v) is 10.3. The van der Waals surface area contributed by atoms with Gasteiger partial charge in [-0.3, -0.25) is 4.79 Å². The van der Waals surface area contributed by atoms with E-state index in [1.807, 2.05) is 0 Å². The highest BCUT2D eigenvalue weighted by Crippen LogP contribution is 2.21. The van der Waals surface area contributed by atoms with Crippen LogP contribution < -0.4 is 0 Å². The summed E-state index contributed by atoms with van der Waals surface area (Å²) in [6, 6.07) is 0. The molecule has 2 rings (SSSR count). The molecule has 1 aromatic rings. The molecule has 1 saturated heterocycles. The maximum atomic E-state index is 11.7. The van der Waals surface area contributed by atoms with Gasteiger partial charge < -0.3 is 9.26 Å². The van der Waals surface area contributed by atoms with Gasteiger partial charge in [0.25, 0.3) is 0 Å². The number of aromatic nitrogens is 2. The zero-order chi connectivity index (χ0) is 12.3. The van der Waals surface area contributed by atoms with E-state index < -0.39 is 0 Å². The predicted molar refractivity (Wildman–Crippen MR) is 60.6 cm³/mol. The molecule has 1 aliphatic rings. The van der Waals surface area contributed by atoms with Crippen LogP contribution in [0, 0.1) is 5.92 Å². The summed E-state index contributed by atoms with van der Waals surface area (Å²) in [7, 11) is 0. The number of ether oxygens (including phenoxy) is 1. The van der Waals surface area contributed by atoms with Gasteiger partial charge in [0.1, 0.15) is 11.7 Å². The minimum Gasteiger partial charge on any atom is -0.380 e. The number of hydrogen-bond donors (Lipinski definition) is 0. The Morgan fingerprint density at radius 2 is 2.29 bits per heavy atom. The summed E-state index contributed by atoms with van der Waals surface area (Å²) in [5.74, 6) is 1.48. The summed E-state index contributed by atoms with van der Waals surface area (Å²) in [4.78, 5) is 15.9. The van der Waals surface area contributed by atoms with Crippen molar-refractivity contribution >= 4 is 5.78 Å². The van der Waals surface area contributed by atoms with Crippen LogP contribution in [-0.4, -0.2) is 29.1 Å². The Morgan fingerprint density at radius 3 is 3.00 bits per heavy atom. The molecule has 1 unspecified atom stereocenters. The van der Waals surface area contributed by atoms with Crippen LogP contribution in [0.15, 0.2) is 4.52 Å². The van der Waals surface area contributed by atoms with Gasteiger partial charge in [-0.1, -0.05) is 19.0 Å². The number of carbonyl (C=O) groups is 1. The van der Waals surface area contributed by atoms with E-state index in [-0.39, 0.29) is 11.7 Å². The molecule has 1 aliphatic heterocycles. The van der Waals surface area contributed by atoms with E-state index in [4.69, 9.17) is 9.26 Å². The van der Waals surface area contributed by atoms with Crippen molar-refractivity contribution in [1.29, 1.82) is 0 Å². The summed E-state index contributed by atoms with van der Waals surface area (Å²) in [6.45, 7) is 5.17. The summed E-state index contributed by atoms with van der Waals surface area (Å²) >= 11 is 0. The van der Waals surface area contributed by atoms with Crippen LogP contribution >= 0.6 is 0 Å². The molecule has 1 fully saturated rings. The topological polar surface area (TPSA) is 65.2 Å². The Bertz CT molecular complexity index is 387. The maximum Gasteiger partial charge on any atom is 0.239 e. The van der Waals surface area contributed by atoms with Gasteiger partial charge in [0.05, 0.1) is 13.2 Å². The van der Waals surface area contributed by atoms with Crippen molar-refractivity contribution in [3.63, 3.8) is 0 Å². The van der Waals surface area contributed by atoms with Gasteiger partial charge >= 0.3 is 0 Å². The third-order valence-corrected chi connectivity index (χ3v) is 2.89. The lowest BCUT2D eigenvalue weighted by atomic mass is 10.0. The van der Waals surface area contributed by atoms with E-state index in [1.54, 1.807) is 0 Å². The van der Waals surface area contributed by atoms with Gasteiger partial charge in [-0.05, 0) is 12.3 Å². The lowest BCUT2D eigenvalue weighted by Gasteiger charge is -2.17. The number of aryl methyl sites for hydroxylation is 1. The van der Waals surface area contributed by atoms with Crippen LogP contribution in [0.4, 0.5) is 0 Å². The third kappa shape index (κ3) is 3.12. The van der Waals surface area contributed by atoms with Crippen molar-refractivity contribution in [2.24, 2.45) is 5.92 Å². The van der Waals surface area contributed by atoms with Crippen molar-refractivity contribution in [3.8, 4) is 0 Å². The molecular formula is C12H18N2O3. The second kappa shape index (κ2) is 5.40. The highest BCUT2D eigenvalue weighted by molar-refractivity contribution is 5.85. The van der Waals surface area contributed by atoms with Gasteiger partial charge in [0.15, 0.2) is 5.82 Å². The SMILES string of the molecule is CC(C)CCc1noc(C2COCCC2=O)n1. The Labute approximate surface area is 101 Å². The Balaban J connectivity index is 1.99. The van der Waals surface area contributed by atoms with E-state index in [0.29, 0.717) is 37.3 Å². The Hall–Kier alpha value is -1.23. The average Bonchev–Trinajstić information content (AvgIpc) is 2.75. The molecule has 0 aromatic carbocycles. The van der Waals surface area contributed by atoms with E-state index >= 15 is 0 Å². The van der Waals surface area contributed by atoms with Crippen LogP contribution in [0.2, 0.25) is 0 Å². The van der Waals surface area contributed by atoms with Gasteiger partial charge in [0, 0.05) is 12.8 Å². The molecule has 0 aliphatic carbocycles. The zero-order valence-electron chi connectivity index (χ0n) is 10.3. The molecule has 0 amide bonds. The molecule has 1 aromatic heterocycles. The van der Waals surface area contributed by atoms with Crippen molar-refractivity contribution in [3.05, 3.63) is 11.7 Å². The highest BCUT2D eigenvalue weighted by Gasteiger charge is 2.29. The van der Waals surface area contributed by atoms with Gasteiger partial charge in [-0.2, -0.15) is 4.98 Å². The molecule has 0 saturated carbocycles. The fourth-order valence-electron chi connectivity index (χ4n) is 1.78. The summed E-state index contributed by atoms with van der Waals surface area (Å²) in [5.41, 5.74) is 0. The molecule has 1 atom stereocenters. The first-order valence-electron chi connectivity index (χ1n) is 6.09. The first-order chi connectivity index (χ1) is 8.16. The van der Waals surface area contributed by atoms with Crippen molar-refractivity contribution in [2.45, 2.75) is 39.0 Å². The van der Waals surface area contributed by atoms with Gasteiger partial charge in [-0.25, -0.2) is 0 Å². The fourth-order valence-corrected chi connectivity index (χ4v) is 1.78. The van der Waals surface area contributed by atoms with Crippen LogP contribution in [-0.2, 0) is 16.0 Å². The fraction of sp³-hybridized carbons (Fsp3) is 0.750. The standard InChI is InChI=1S/C12H18N2O3/c1-8(2)3-4-11-13-12(17-14-11)9-7-16-6-5-10(9)15/h8-9H,3-7H2,1-2H3. The molecule has 5 heteroatoms. The predicted octanol–water partition coefficient (Wildman–Crippen LogP) is 1.73. The van der Waals surface area contributed by atoms with Crippen LogP contribution in [0.5, 0.6) is 0 Å². The first-order valence-corrected chi connectivity index (χ1v) is 6.09. The van der Waals surface area contributed by atoms with E-state index in [1.165, 1.54) is 0 Å². The molecule has 0 N–H and O–H groups in total. The summed E-state index contributed by atoms with van der Waals surface area (Å²) in [6.07, 6.45) is 2.26. The lowest BCUT2D eigenvalue weighted by molar-refractivity contribution is -0.127. The number of ketones is 1. The van der Waals surface area contributed by atoms with Gasteiger partial charge in [-0.15, -0.1) is 0 Å². The van der Waals surface area contributed by atoms with E-state index in [2.05, 4.69) is 24.0 Å². The van der Waals surface area contributed by atoms with Crippen LogP contribution in [0.3, 0.4) is 0 Å². The number of nitrogens with zero attached hydrogens (tertiary/aromatic N) is 2. The van der Waals surface area contributed by atoms with E-state index in [0.717, 1.165) is 12.8 Å². The lowest BCUT2D eigenvalue weighted by Crippen LogP contribution is -2.25. The number of Topliss-reactive ketones (excluding diaryl/α,β-unsaturated/α-hetero) is 1. The quantitative estimate of drug-likeness (QED) is 0.799. The molecule has 5 nitrogen and oxygen atoms in total. The number of rotatable bonds is 4. The first kappa shape index (κ1) is 12.2. The largest absolute Gasteiger partial charge is 0.380 e. The normalized spacial score (nSPS) is 21.1. The van der Waals surface area contributed by atoms with Crippen molar-refractivity contribution < 1.29 is 14.1 Å². The van der Waals surface area contributed by atoms with Crippen LogP contribution in [0.25, 0.3) is 0 Å². The third-order valence-electron chi connectivity index (χ3n) is 2.89. The smallest absolute Gasteiger partial charge is 0.239 e. The molecule has 0 bridgehead atoms. The molecular weight excluding hydrogens is 220 g/mol. The minimum atomic E-state index is -0.357. The Kier molecular flexibility index (Phi) is 3.89. The maximum absolute atomic E-state index is 11.7. The van der Waals surface area contributed by atoms with Gasteiger partial charge in [0.2, 0.25) is 5.89 Å². The monoisotopic (exact) mass is 238 g/mol. The molecule has 0 radical (unpaired) electrons. The second-order valence-corrected chi connectivity index (χ2v) is 4.83. The summed E-state index contributed by atoms with van der Waals surface area (Å²) in [5, 5.41) is 3.90. The highest BCUT2D eigenvalue weighted by atomic mass is 16.5. The van der Waals surface area contributed by atoms with Crippen LogP contribution in [0.1, 0.15) is 44.3 Å². The number of carbonyl (C=O) groups excluding carboxylic acids is 1. The molecule has 2 heterocycles. The molecule has 17 heavy (non-hydrogen) atoms. The van der Waals surface area contributed by atoms with Crippen molar-refractivity contribution in [2.75, 3.05) is 13.2 Å². The summed E-state index contributed by atoms with van der Waals surface area (Å²) < 4.78 is 10.4. The second-order valence-electron chi connectivity index (χ2n) is 4.83.